The predicted molar refractivity (Wildman–Crippen MR) is 125 cm³/mol. The third-order valence-electron chi connectivity index (χ3n) is 5.71. The fraction of sp³-hybridized carbons (Fsp3) is 0.462. The molecule has 0 fully saturated rings. The fourth-order valence-electron chi connectivity index (χ4n) is 4.05. The van der Waals surface area contributed by atoms with Gasteiger partial charge in [-0.05, 0) is 50.5 Å². The standard InChI is InChI=1S/C26H35N3O/c1-4-5-6-7-10-18-29-24-13-9-8-12-23(24)28-25(29)14-11-17-27-26(30)22-16-15-20(2)19-21(22)3/h8-9,12-13,15-16,19H,4-7,10-11,14,17-18H2,1-3H3,(H,27,30). The van der Waals surface area contributed by atoms with E-state index in [1.54, 1.807) is 0 Å². The van der Waals surface area contributed by atoms with Crippen molar-refractivity contribution in [1.82, 2.24) is 14.9 Å². The molecule has 160 valence electrons. The molecule has 0 aliphatic rings. The summed E-state index contributed by atoms with van der Waals surface area (Å²) < 4.78 is 2.38. The Kier molecular flexibility index (Phi) is 8.06. The smallest absolute Gasteiger partial charge is 0.251 e. The Morgan fingerprint density at radius 2 is 1.80 bits per heavy atom. The van der Waals surface area contributed by atoms with Crippen LogP contribution in [0.15, 0.2) is 42.5 Å². The zero-order chi connectivity index (χ0) is 21.3. The molecule has 1 aromatic heterocycles. The van der Waals surface area contributed by atoms with Crippen LogP contribution in [0, 0.1) is 13.8 Å². The van der Waals surface area contributed by atoms with Gasteiger partial charge in [-0.3, -0.25) is 4.79 Å². The molecule has 30 heavy (non-hydrogen) atoms. The van der Waals surface area contributed by atoms with Gasteiger partial charge in [-0.15, -0.1) is 0 Å². The molecule has 1 heterocycles. The molecule has 3 rings (SSSR count). The zero-order valence-corrected chi connectivity index (χ0v) is 18.7. The lowest BCUT2D eigenvalue weighted by Crippen LogP contribution is -2.25. The molecular weight excluding hydrogens is 370 g/mol. The third-order valence-corrected chi connectivity index (χ3v) is 5.71. The quantitative estimate of drug-likeness (QED) is 0.399. The minimum Gasteiger partial charge on any atom is -0.352 e. The van der Waals surface area contributed by atoms with Crippen molar-refractivity contribution in [1.29, 1.82) is 0 Å². The number of hydrogen-bond acceptors (Lipinski definition) is 2. The van der Waals surface area contributed by atoms with E-state index in [-0.39, 0.29) is 5.91 Å². The maximum atomic E-state index is 12.5. The molecule has 0 atom stereocenters. The van der Waals surface area contributed by atoms with Crippen molar-refractivity contribution >= 4 is 16.9 Å². The first-order valence-corrected chi connectivity index (χ1v) is 11.4. The Bertz CT molecular complexity index is 974. The van der Waals surface area contributed by atoms with Gasteiger partial charge in [0.05, 0.1) is 11.0 Å². The number of fused-ring (bicyclic) bond motifs is 1. The molecule has 2 aromatic carbocycles. The van der Waals surface area contributed by atoms with Gasteiger partial charge >= 0.3 is 0 Å². The topological polar surface area (TPSA) is 46.9 Å². The number of aromatic nitrogens is 2. The number of benzene rings is 2. The third kappa shape index (κ3) is 5.71. The summed E-state index contributed by atoms with van der Waals surface area (Å²) in [6.45, 7) is 7.97. The second-order valence-electron chi connectivity index (χ2n) is 8.26. The van der Waals surface area contributed by atoms with Gasteiger partial charge in [0.2, 0.25) is 0 Å². The largest absolute Gasteiger partial charge is 0.352 e. The summed E-state index contributed by atoms with van der Waals surface area (Å²) in [5.74, 6) is 1.14. The highest BCUT2D eigenvalue weighted by molar-refractivity contribution is 5.95. The van der Waals surface area contributed by atoms with Crippen molar-refractivity contribution in [3.8, 4) is 0 Å². The molecule has 4 heteroatoms. The van der Waals surface area contributed by atoms with E-state index >= 15 is 0 Å². The van der Waals surface area contributed by atoms with Crippen LogP contribution in [-0.2, 0) is 13.0 Å². The summed E-state index contributed by atoms with van der Waals surface area (Å²) in [7, 11) is 0. The molecule has 0 aliphatic carbocycles. The molecule has 3 aromatic rings. The Morgan fingerprint density at radius 3 is 2.60 bits per heavy atom. The van der Waals surface area contributed by atoms with Crippen molar-refractivity contribution < 1.29 is 4.79 Å². The summed E-state index contributed by atoms with van der Waals surface area (Å²) >= 11 is 0. The Labute approximate surface area is 180 Å². The lowest BCUT2D eigenvalue weighted by atomic mass is 10.1. The van der Waals surface area contributed by atoms with Crippen molar-refractivity contribution in [2.75, 3.05) is 6.54 Å². The highest BCUT2D eigenvalue weighted by Gasteiger charge is 2.11. The van der Waals surface area contributed by atoms with Gasteiger partial charge < -0.3 is 9.88 Å². The molecular formula is C26H35N3O. The average molecular weight is 406 g/mol. The summed E-state index contributed by atoms with van der Waals surface area (Å²) in [5, 5.41) is 3.07. The Hall–Kier alpha value is -2.62. The van der Waals surface area contributed by atoms with Crippen molar-refractivity contribution in [2.45, 2.75) is 72.3 Å². The maximum Gasteiger partial charge on any atom is 0.251 e. The van der Waals surface area contributed by atoms with Crippen LogP contribution >= 0.6 is 0 Å². The number of rotatable bonds is 11. The number of carbonyl (C=O) groups excluding carboxylic acids is 1. The van der Waals surface area contributed by atoms with Crippen LogP contribution in [0.4, 0.5) is 0 Å². The highest BCUT2D eigenvalue weighted by atomic mass is 16.1. The molecule has 0 unspecified atom stereocenters. The van der Waals surface area contributed by atoms with E-state index in [0.29, 0.717) is 6.54 Å². The van der Waals surface area contributed by atoms with Crippen LogP contribution < -0.4 is 5.32 Å². The number of aryl methyl sites for hydroxylation is 4. The van der Waals surface area contributed by atoms with Crippen LogP contribution in [0.3, 0.4) is 0 Å². The summed E-state index contributed by atoms with van der Waals surface area (Å²) in [6, 6.07) is 14.4. The zero-order valence-electron chi connectivity index (χ0n) is 18.7. The van der Waals surface area contributed by atoms with E-state index in [1.807, 2.05) is 26.0 Å². The number of carbonyl (C=O) groups is 1. The van der Waals surface area contributed by atoms with Gasteiger partial charge in [0, 0.05) is 25.1 Å². The number of para-hydroxylation sites is 2. The molecule has 0 radical (unpaired) electrons. The van der Waals surface area contributed by atoms with Gasteiger partial charge in [-0.25, -0.2) is 4.98 Å². The van der Waals surface area contributed by atoms with E-state index < -0.39 is 0 Å². The minimum atomic E-state index is 0.0110. The first-order chi connectivity index (χ1) is 14.6. The fourth-order valence-corrected chi connectivity index (χ4v) is 4.05. The van der Waals surface area contributed by atoms with Gasteiger partial charge in [-0.1, -0.05) is 62.4 Å². The van der Waals surface area contributed by atoms with E-state index in [1.165, 1.54) is 43.2 Å². The number of nitrogens with one attached hydrogen (secondary N) is 1. The molecule has 4 nitrogen and oxygen atoms in total. The van der Waals surface area contributed by atoms with Gasteiger partial charge in [-0.2, -0.15) is 0 Å². The number of hydrogen-bond donors (Lipinski definition) is 1. The van der Waals surface area contributed by atoms with Crippen molar-refractivity contribution in [3.05, 3.63) is 65.0 Å². The van der Waals surface area contributed by atoms with E-state index in [4.69, 9.17) is 4.98 Å². The van der Waals surface area contributed by atoms with Gasteiger partial charge in [0.15, 0.2) is 0 Å². The van der Waals surface area contributed by atoms with E-state index in [2.05, 4.69) is 47.1 Å². The minimum absolute atomic E-state index is 0.0110. The summed E-state index contributed by atoms with van der Waals surface area (Å²) in [6.07, 6.45) is 8.11. The predicted octanol–water partition coefficient (Wildman–Crippen LogP) is 5.99. The van der Waals surface area contributed by atoms with Gasteiger partial charge in [0.25, 0.3) is 5.91 Å². The van der Waals surface area contributed by atoms with Crippen LogP contribution in [0.25, 0.3) is 11.0 Å². The molecule has 0 saturated carbocycles. The van der Waals surface area contributed by atoms with Crippen molar-refractivity contribution in [2.24, 2.45) is 0 Å². The molecule has 0 aliphatic heterocycles. The van der Waals surface area contributed by atoms with Crippen LogP contribution in [0.5, 0.6) is 0 Å². The number of nitrogens with zero attached hydrogens (tertiary/aromatic N) is 2. The summed E-state index contributed by atoms with van der Waals surface area (Å²) in [4.78, 5) is 17.4. The SMILES string of the molecule is CCCCCCCn1c(CCCNC(=O)c2ccc(C)cc2C)nc2ccccc21. The number of imidazole rings is 1. The number of amides is 1. The summed E-state index contributed by atoms with van der Waals surface area (Å²) in [5.41, 5.74) is 5.26. The lowest BCUT2D eigenvalue weighted by Gasteiger charge is -2.11. The average Bonchev–Trinajstić information content (AvgIpc) is 3.08. The second kappa shape index (κ2) is 11.0. The monoisotopic (exact) mass is 405 g/mol. The molecule has 0 bridgehead atoms. The second-order valence-corrected chi connectivity index (χ2v) is 8.26. The van der Waals surface area contributed by atoms with Crippen LogP contribution in [-0.4, -0.2) is 22.0 Å². The van der Waals surface area contributed by atoms with E-state index in [9.17, 15) is 4.79 Å². The first kappa shape index (κ1) is 22.1. The Morgan fingerprint density at radius 1 is 1.00 bits per heavy atom. The van der Waals surface area contributed by atoms with Crippen molar-refractivity contribution in [3.63, 3.8) is 0 Å². The molecule has 1 N–H and O–H groups in total. The Balaban J connectivity index is 1.57. The first-order valence-electron chi connectivity index (χ1n) is 11.4. The maximum absolute atomic E-state index is 12.5. The lowest BCUT2D eigenvalue weighted by molar-refractivity contribution is 0.0952. The molecule has 0 spiro atoms. The van der Waals surface area contributed by atoms with Crippen LogP contribution in [0.1, 0.15) is 72.8 Å². The highest BCUT2D eigenvalue weighted by Crippen LogP contribution is 2.19. The van der Waals surface area contributed by atoms with E-state index in [0.717, 1.165) is 41.9 Å². The number of unbranched alkanes of at least 4 members (excludes halogenated alkanes) is 4. The molecule has 1 amide bonds. The van der Waals surface area contributed by atoms with Gasteiger partial charge in [0.1, 0.15) is 5.82 Å². The molecule has 0 saturated heterocycles. The van der Waals surface area contributed by atoms with Crippen LogP contribution in [0.2, 0.25) is 0 Å². The normalized spacial score (nSPS) is 11.2.